The molecule has 0 radical (unpaired) electrons. The van der Waals surface area contributed by atoms with Gasteiger partial charge in [-0.1, -0.05) is 18.2 Å². The molecule has 2 saturated heterocycles. The van der Waals surface area contributed by atoms with Crippen LogP contribution >= 0.6 is 0 Å². The fourth-order valence-corrected chi connectivity index (χ4v) is 4.68. The molecule has 1 amide bonds. The molecule has 3 aliphatic heterocycles. The van der Waals surface area contributed by atoms with Crippen molar-refractivity contribution in [3.05, 3.63) is 29.8 Å². The quantitative estimate of drug-likeness (QED) is 0.855. The lowest BCUT2D eigenvalue weighted by atomic mass is 9.73. The Labute approximate surface area is 144 Å². The Morgan fingerprint density at radius 2 is 2.00 bits per heavy atom. The van der Waals surface area contributed by atoms with E-state index in [1.54, 1.807) is 0 Å². The summed E-state index contributed by atoms with van der Waals surface area (Å²) < 4.78 is 5.80. The van der Waals surface area contributed by atoms with E-state index in [2.05, 4.69) is 43.0 Å². The first-order valence-corrected chi connectivity index (χ1v) is 9.39. The van der Waals surface area contributed by atoms with E-state index in [1.165, 1.54) is 5.56 Å². The SMILES string of the molecule is CC(C)N1CCC2(CC1)C(=O)N(C[C@@H]1CCCO1)c1ccccc12. The third-order valence-corrected chi connectivity index (χ3v) is 6.16. The van der Waals surface area contributed by atoms with E-state index < -0.39 is 0 Å². The number of rotatable bonds is 3. The second-order valence-electron chi connectivity index (χ2n) is 7.78. The molecule has 130 valence electrons. The van der Waals surface area contributed by atoms with Crippen molar-refractivity contribution in [3.63, 3.8) is 0 Å². The average Bonchev–Trinajstić information content (AvgIpc) is 3.18. The van der Waals surface area contributed by atoms with Crippen molar-refractivity contribution in [2.75, 3.05) is 31.1 Å². The standard InChI is InChI=1S/C20H28N2O2/c1-15(2)21-11-9-20(10-12-21)17-7-3-4-8-18(17)22(19(20)23)14-16-6-5-13-24-16/h3-4,7-8,15-16H,5-6,9-14H2,1-2H3/t16-/m0/s1. The number of carbonyl (C=O) groups excluding carboxylic acids is 1. The third-order valence-electron chi connectivity index (χ3n) is 6.16. The Morgan fingerprint density at radius 1 is 1.25 bits per heavy atom. The molecule has 1 atom stereocenters. The van der Waals surface area contributed by atoms with Gasteiger partial charge in [-0.15, -0.1) is 0 Å². The highest BCUT2D eigenvalue weighted by Crippen LogP contribution is 2.48. The smallest absolute Gasteiger partial charge is 0.237 e. The highest BCUT2D eigenvalue weighted by Gasteiger charge is 2.52. The van der Waals surface area contributed by atoms with E-state index >= 15 is 0 Å². The number of ether oxygens (including phenoxy) is 1. The van der Waals surface area contributed by atoms with Crippen molar-refractivity contribution >= 4 is 11.6 Å². The first-order valence-electron chi connectivity index (χ1n) is 9.39. The van der Waals surface area contributed by atoms with Crippen molar-refractivity contribution in [1.82, 2.24) is 4.90 Å². The highest BCUT2D eigenvalue weighted by atomic mass is 16.5. The minimum atomic E-state index is -0.305. The summed E-state index contributed by atoms with van der Waals surface area (Å²) in [7, 11) is 0. The zero-order valence-electron chi connectivity index (χ0n) is 14.8. The molecule has 0 aromatic heterocycles. The van der Waals surface area contributed by atoms with Crippen LogP contribution in [0.3, 0.4) is 0 Å². The number of nitrogens with zero attached hydrogens (tertiary/aromatic N) is 2. The Morgan fingerprint density at radius 3 is 2.67 bits per heavy atom. The van der Waals surface area contributed by atoms with Gasteiger partial charge < -0.3 is 14.5 Å². The molecule has 3 heterocycles. The Bertz CT molecular complexity index is 614. The average molecular weight is 328 g/mol. The van der Waals surface area contributed by atoms with E-state index in [4.69, 9.17) is 4.74 Å². The lowest BCUT2D eigenvalue weighted by Crippen LogP contribution is -2.51. The van der Waals surface area contributed by atoms with Gasteiger partial charge in [0, 0.05) is 18.3 Å². The number of likely N-dealkylation sites (tertiary alicyclic amines) is 1. The van der Waals surface area contributed by atoms with E-state index in [-0.39, 0.29) is 11.5 Å². The van der Waals surface area contributed by atoms with Gasteiger partial charge in [0.2, 0.25) is 5.91 Å². The molecule has 1 aromatic carbocycles. The van der Waals surface area contributed by atoms with E-state index in [9.17, 15) is 4.79 Å². The van der Waals surface area contributed by atoms with Crippen LogP contribution in [0.2, 0.25) is 0 Å². The van der Waals surface area contributed by atoms with Crippen LogP contribution in [0.5, 0.6) is 0 Å². The topological polar surface area (TPSA) is 32.8 Å². The van der Waals surface area contributed by atoms with Gasteiger partial charge in [0.05, 0.1) is 18.1 Å². The highest BCUT2D eigenvalue weighted by molar-refractivity contribution is 6.08. The minimum absolute atomic E-state index is 0.202. The van der Waals surface area contributed by atoms with Gasteiger partial charge in [-0.2, -0.15) is 0 Å². The van der Waals surface area contributed by atoms with Crippen LogP contribution in [-0.2, 0) is 14.9 Å². The van der Waals surface area contributed by atoms with Crippen LogP contribution in [0.4, 0.5) is 5.69 Å². The zero-order valence-corrected chi connectivity index (χ0v) is 14.8. The predicted molar refractivity (Wildman–Crippen MR) is 95.4 cm³/mol. The molecule has 0 bridgehead atoms. The molecule has 4 rings (SSSR count). The van der Waals surface area contributed by atoms with Gasteiger partial charge in [0.15, 0.2) is 0 Å². The molecule has 2 fully saturated rings. The molecular weight excluding hydrogens is 300 g/mol. The van der Waals surface area contributed by atoms with Crippen LogP contribution in [0, 0.1) is 0 Å². The molecule has 0 aliphatic carbocycles. The molecule has 24 heavy (non-hydrogen) atoms. The number of para-hydroxylation sites is 1. The number of hydrogen-bond acceptors (Lipinski definition) is 3. The van der Waals surface area contributed by atoms with Crippen molar-refractivity contribution in [3.8, 4) is 0 Å². The van der Waals surface area contributed by atoms with Crippen LogP contribution in [-0.4, -0.2) is 49.2 Å². The Kier molecular flexibility index (Phi) is 4.13. The normalized spacial score (nSPS) is 26.5. The summed E-state index contributed by atoms with van der Waals surface area (Å²) in [6, 6.07) is 8.98. The first-order chi connectivity index (χ1) is 11.6. The summed E-state index contributed by atoms with van der Waals surface area (Å²) in [5.41, 5.74) is 2.06. The number of anilines is 1. The maximum atomic E-state index is 13.5. The minimum Gasteiger partial charge on any atom is -0.376 e. The molecule has 1 spiro atoms. The van der Waals surface area contributed by atoms with Crippen molar-refractivity contribution in [2.45, 2.75) is 57.1 Å². The van der Waals surface area contributed by atoms with Gasteiger partial charge in [-0.25, -0.2) is 0 Å². The van der Waals surface area contributed by atoms with E-state index in [0.717, 1.165) is 51.1 Å². The summed E-state index contributed by atoms with van der Waals surface area (Å²) in [4.78, 5) is 18.0. The molecule has 4 nitrogen and oxygen atoms in total. The van der Waals surface area contributed by atoms with E-state index in [1.807, 2.05) is 4.90 Å². The molecule has 1 aromatic rings. The second kappa shape index (κ2) is 6.16. The molecule has 0 unspecified atom stereocenters. The molecule has 4 heteroatoms. The third kappa shape index (κ3) is 2.47. The molecule has 3 aliphatic rings. The summed E-state index contributed by atoms with van der Waals surface area (Å²) in [6.45, 7) is 8.05. The second-order valence-corrected chi connectivity index (χ2v) is 7.78. The molecular formula is C20H28N2O2. The van der Waals surface area contributed by atoms with Crippen molar-refractivity contribution < 1.29 is 9.53 Å². The van der Waals surface area contributed by atoms with Gasteiger partial charge in [0.25, 0.3) is 0 Å². The van der Waals surface area contributed by atoms with Crippen LogP contribution < -0.4 is 4.90 Å². The number of amides is 1. The maximum absolute atomic E-state index is 13.5. The van der Waals surface area contributed by atoms with Crippen molar-refractivity contribution in [1.29, 1.82) is 0 Å². The van der Waals surface area contributed by atoms with Gasteiger partial charge in [0.1, 0.15) is 0 Å². The zero-order chi connectivity index (χ0) is 16.7. The summed E-state index contributed by atoms with van der Waals surface area (Å²) in [5, 5.41) is 0. The largest absolute Gasteiger partial charge is 0.376 e. The van der Waals surface area contributed by atoms with Crippen molar-refractivity contribution in [2.24, 2.45) is 0 Å². The number of benzene rings is 1. The van der Waals surface area contributed by atoms with Crippen LogP contribution in [0.15, 0.2) is 24.3 Å². The molecule has 0 N–H and O–H groups in total. The fourth-order valence-electron chi connectivity index (χ4n) is 4.68. The summed E-state index contributed by atoms with van der Waals surface area (Å²) in [6.07, 6.45) is 4.25. The summed E-state index contributed by atoms with van der Waals surface area (Å²) >= 11 is 0. The van der Waals surface area contributed by atoms with Gasteiger partial charge in [-0.05, 0) is 64.3 Å². The number of carbonyl (C=O) groups is 1. The van der Waals surface area contributed by atoms with Gasteiger partial charge in [-0.3, -0.25) is 4.79 Å². The number of piperidine rings is 1. The number of fused-ring (bicyclic) bond motifs is 2. The number of hydrogen-bond donors (Lipinski definition) is 0. The monoisotopic (exact) mass is 328 g/mol. The fraction of sp³-hybridized carbons (Fsp3) is 0.650. The van der Waals surface area contributed by atoms with Gasteiger partial charge >= 0.3 is 0 Å². The van der Waals surface area contributed by atoms with Crippen LogP contribution in [0.1, 0.15) is 45.1 Å². The first kappa shape index (κ1) is 16.1. The van der Waals surface area contributed by atoms with Crippen LogP contribution in [0.25, 0.3) is 0 Å². The molecule has 0 saturated carbocycles. The Balaban J connectivity index is 1.63. The lowest BCUT2D eigenvalue weighted by molar-refractivity contribution is -0.125. The predicted octanol–water partition coefficient (Wildman–Crippen LogP) is 2.95. The Hall–Kier alpha value is -1.39. The van der Waals surface area contributed by atoms with E-state index in [0.29, 0.717) is 18.5 Å². The lowest BCUT2D eigenvalue weighted by Gasteiger charge is -2.40. The maximum Gasteiger partial charge on any atom is 0.237 e. The summed E-state index contributed by atoms with van der Waals surface area (Å²) in [5.74, 6) is 0.308.